The highest BCUT2D eigenvalue weighted by Crippen LogP contribution is 2.10. The fourth-order valence-corrected chi connectivity index (χ4v) is 1.30. The number of carbonyl (C=O) groups is 1. The van der Waals surface area contributed by atoms with E-state index < -0.39 is 22.5 Å². The molecule has 0 radical (unpaired) electrons. The third kappa shape index (κ3) is 2.96. The largest absolute Gasteiger partial charge is 0.480 e. The average molecular weight is 232 g/mol. The van der Waals surface area contributed by atoms with Crippen LogP contribution in [0.25, 0.3) is 0 Å². The summed E-state index contributed by atoms with van der Waals surface area (Å²) in [6, 6.07) is 0. The minimum absolute atomic E-state index is 0.101. The predicted molar refractivity (Wildman–Crippen MR) is 53.0 cm³/mol. The summed E-state index contributed by atoms with van der Waals surface area (Å²) in [4.78, 5) is 36.5. The van der Waals surface area contributed by atoms with E-state index in [0.717, 1.165) is 6.20 Å². The molecule has 1 unspecified atom stereocenters. The van der Waals surface area contributed by atoms with Gasteiger partial charge in [-0.25, -0.2) is 4.79 Å². The van der Waals surface area contributed by atoms with Gasteiger partial charge < -0.3 is 14.6 Å². The Morgan fingerprint density at radius 2 is 2.20 bits per heavy atom. The highest BCUT2D eigenvalue weighted by atomic mass is 32.2. The highest BCUT2D eigenvalue weighted by Gasteiger charge is 2.19. The molecule has 7 nitrogen and oxygen atoms in total. The lowest BCUT2D eigenvalue weighted by molar-refractivity contribution is -0.136. The monoisotopic (exact) mass is 232 g/mol. The van der Waals surface area contributed by atoms with E-state index in [0.29, 0.717) is 0 Å². The van der Waals surface area contributed by atoms with E-state index >= 15 is 0 Å². The highest BCUT2D eigenvalue weighted by molar-refractivity contribution is 7.95. The lowest BCUT2D eigenvalue weighted by Gasteiger charge is -2.05. The molecule has 1 aromatic rings. The van der Waals surface area contributed by atoms with Crippen molar-refractivity contribution in [3.63, 3.8) is 0 Å². The first-order chi connectivity index (χ1) is 7.04. The van der Waals surface area contributed by atoms with E-state index in [2.05, 4.69) is 4.98 Å². The van der Waals surface area contributed by atoms with Gasteiger partial charge in [0.05, 0.1) is 0 Å². The summed E-state index contributed by atoms with van der Waals surface area (Å²) in [6.45, 7) is 0. The molecule has 0 aliphatic heterocycles. The van der Waals surface area contributed by atoms with Crippen LogP contribution in [0.3, 0.4) is 0 Å². The number of carboxylic acid groups (broad SMARTS) is 1. The summed E-state index contributed by atoms with van der Waals surface area (Å²) in [5, 5.41) is 7.49. The smallest absolute Gasteiger partial charge is 0.325 e. The van der Waals surface area contributed by atoms with Crippen LogP contribution in [0.5, 0.6) is 0 Å². The summed E-state index contributed by atoms with van der Waals surface area (Å²) in [5.41, 5.74) is -1.21. The Balaban J connectivity index is 2.94. The predicted octanol–water partition coefficient (Wildman–Crippen LogP) is -0.735. The lowest BCUT2D eigenvalue weighted by atomic mass is 10.2. The van der Waals surface area contributed by atoms with Crippen molar-refractivity contribution in [1.82, 2.24) is 9.97 Å². The number of aromatic amines is 2. The second-order valence-electron chi connectivity index (χ2n) is 2.73. The average Bonchev–Trinajstić information content (AvgIpc) is 2.16. The first-order valence-corrected chi connectivity index (χ1v) is 4.72. The number of nitrogens with one attached hydrogen (secondary N) is 2. The number of rotatable bonds is 4. The molecule has 0 aromatic carbocycles. The van der Waals surface area contributed by atoms with Gasteiger partial charge in [-0.05, 0) is 0 Å². The Bertz CT molecular complexity index is 465. The first-order valence-electron chi connectivity index (χ1n) is 3.88. The van der Waals surface area contributed by atoms with Crippen LogP contribution in [0.2, 0.25) is 0 Å². The van der Waals surface area contributed by atoms with E-state index in [9.17, 15) is 14.4 Å². The molecule has 4 N–H and O–H groups in total. The van der Waals surface area contributed by atoms with Crippen molar-refractivity contribution >= 4 is 18.0 Å². The molecule has 0 amide bonds. The van der Waals surface area contributed by atoms with Crippen LogP contribution in [0.1, 0.15) is 5.56 Å². The van der Waals surface area contributed by atoms with Gasteiger partial charge in [0.2, 0.25) is 0 Å². The fraction of sp³-hybridized carbons (Fsp3) is 0.286. The van der Waals surface area contributed by atoms with Gasteiger partial charge in [0, 0.05) is 30.2 Å². The summed E-state index contributed by atoms with van der Waals surface area (Å²) in [5.74, 6) is -1.23. The zero-order valence-corrected chi connectivity index (χ0v) is 8.21. The topological polar surface area (TPSA) is 123 Å². The Labute approximate surface area is 87.4 Å². The van der Waals surface area contributed by atoms with Crippen LogP contribution in [0, 0.1) is 0 Å². The number of H-pyrrole nitrogens is 2. The molecule has 15 heavy (non-hydrogen) atoms. The zero-order chi connectivity index (χ0) is 11.4. The van der Waals surface area contributed by atoms with Gasteiger partial charge in [-0.2, -0.15) is 0 Å². The second kappa shape index (κ2) is 4.80. The third-order valence-electron chi connectivity index (χ3n) is 1.70. The Morgan fingerprint density at radius 1 is 1.53 bits per heavy atom. The molecule has 0 aliphatic carbocycles. The Morgan fingerprint density at radius 3 is 2.67 bits per heavy atom. The number of hydrogen-bond acceptors (Lipinski definition) is 5. The fourth-order valence-electron chi connectivity index (χ4n) is 0.959. The van der Waals surface area contributed by atoms with Crippen molar-refractivity contribution in [2.75, 3.05) is 0 Å². The summed E-state index contributed by atoms with van der Waals surface area (Å²) in [6.07, 6.45) is 0.968. The molecular formula is C7H8N2O5S. The molecule has 0 bridgehead atoms. The lowest BCUT2D eigenvalue weighted by Crippen LogP contribution is -2.28. The summed E-state index contributed by atoms with van der Waals surface area (Å²) < 4.78 is 8.65. The van der Waals surface area contributed by atoms with Gasteiger partial charge in [-0.1, -0.05) is 0 Å². The number of aromatic nitrogens is 2. The second-order valence-corrected chi connectivity index (χ2v) is 3.51. The molecule has 1 aromatic heterocycles. The van der Waals surface area contributed by atoms with E-state index in [1.54, 1.807) is 0 Å². The van der Waals surface area contributed by atoms with Crippen molar-refractivity contribution in [3.05, 3.63) is 32.6 Å². The van der Waals surface area contributed by atoms with Crippen molar-refractivity contribution in [3.8, 4) is 0 Å². The number of hydrogen-bond donors (Lipinski definition) is 4. The Kier molecular flexibility index (Phi) is 3.69. The van der Waals surface area contributed by atoms with Gasteiger partial charge in [0.25, 0.3) is 5.56 Å². The SMILES string of the molecule is O=C(O)C(Cc1c[nH]c(=O)[nH]c1=O)SO. The molecule has 0 fully saturated rings. The van der Waals surface area contributed by atoms with E-state index in [4.69, 9.17) is 9.66 Å². The zero-order valence-electron chi connectivity index (χ0n) is 7.39. The molecule has 1 rings (SSSR count). The van der Waals surface area contributed by atoms with Gasteiger partial charge in [-0.3, -0.25) is 14.6 Å². The quantitative estimate of drug-likeness (QED) is 0.507. The van der Waals surface area contributed by atoms with Crippen LogP contribution in [-0.2, 0) is 11.2 Å². The first kappa shape index (κ1) is 11.5. The van der Waals surface area contributed by atoms with Crippen LogP contribution in [-0.4, -0.2) is 30.8 Å². The Hall–Kier alpha value is -1.54. The number of carboxylic acids is 1. The minimum Gasteiger partial charge on any atom is -0.480 e. The van der Waals surface area contributed by atoms with Gasteiger partial charge in [-0.15, -0.1) is 0 Å². The van der Waals surface area contributed by atoms with Gasteiger partial charge >= 0.3 is 11.7 Å². The summed E-state index contributed by atoms with van der Waals surface area (Å²) >= 11 is 0.141. The summed E-state index contributed by atoms with van der Waals surface area (Å²) in [7, 11) is 0. The van der Waals surface area contributed by atoms with E-state index in [-0.39, 0.29) is 24.0 Å². The van der Waals surface area contributed by atoms with Crippen molar-refractivity contribution in [2.24, 2.45) is 0 Å². The van der Waals surface area contributed by atoms with Gasteiger partial charge in [0.1, 0.15) is 5.25 Å². The molecule has 1 atom stereocenters. The van der Waals surface area contributed by atoms with Crippen LogP contribution < -0.4 is 11.2 Å². The molecular weight excluding hydrogens is 224 g/mol. The van der Waals surface area contributed by atoms with E-state index in [1.807, 2.05) is 4.98 Å². The normalized spacial score (nSPS) is 12.3. The van der Waals surface area contributed by atoms with Crippen LogP contribution >= 0.6 is 12.0 Å². The molecule has 0 saturated carbocycles. The maximum absolute atomic E-state index is 11.2. The maximum atomic E-state index is 11.2. The number of aliphatic carboxylic acids is 1. The molecule has 0 spiro atoms. The molecule has 8 heteroatoms. The molecule has 0 saturated heterocycles. The maximum Gasteiger partial charge on any atom is 0.325 e. The van der Waals surface area contributed by atoms with Crippen molar-refractivity contribution in [2.45, 2.75) is 11.7 Å². The van der Waals surface area contributed by atoms with E-state index in [1.165, 1.54) is 0 Å². The van der Waals surface area contributed by atoms with Crippen molar-refractivity contribution < 1.29 is 14.5 Å². The standard InChI is InChI=1S/C7H8N2O5S/c10-5-3(2-8-7(13)9-5)1-4(15-14)6(11)12/h2,4,14H,1H2,(H,11,12)(H2,8,9,10,13). The third-order valence-corrected chi connectivity index (χ3v) is 2.33. The molecule has 0 aliphatic rings. The van der Waals surface area contributed by atoms with Crippen LogP contribution in [0.4, 0.5) is 0 Å². The van der Waals surface area contributed by atoms with Crippen molar-refractivity contribution in [1.29, 1.82) is 0 Å². The molecule has 1 heterocycles. The van der Waals surface area contributed by atoms with Crippen LogP contribution in [0.15, 0.2) is 15.8 Å². The minimum atomic E-state index is -1.23. The van der Waals surface area contributed by atoms with Gasteiger partial charge in [0.15, 0.2) is 0 Å². The molecule has 82 valence electrons.